The molecule has 130 valence electrons. The summed E-state index contributed by atoms with van der Waals surface area (Å²) in [6.45, 7) is 1.68. The van der Waals surface area contributed by atoms with Gasteiger partial charge in [0.25, 0.3) is 0 Å². The molecule has 10 heteroatoms. The summed E-state index contributed by atoms with van der Waals surface area (Å²) in [4.78, 5) is 24.1. The van der Waals surface area contributed by atoms with Gasteiger partial charge in [-0.25, -0.2) is 23.2 Å². The highest BCUT2D eigenvalue weighted by Gasteiger charge is 2.29. The van der Waals surface area contributed by atoms with Gasteiger partial charge >= 0.3 is 5.76 Å². The molecule has 1 aliphatic heterocycles. The van der Waals surface area contributed by atoms with Crippen LogP contribution in [-0.4, -0.2) is 53.9 Å². The molecule has 0 atom stereocenters. The number of rotatable bonds is 3. The Morgan fingerprint density at radius 1 is 1.08 bits per heavy atom. The molecule has 0 unspecified atom stereocenters. The summed E-state index contributed by atoms with van der Waals surface area (Å²) < 4.78 is 32.0. The van der Waals surface area contributed by atoms with Crippen LogP contribution in [0.2, 0.25) is 0 Å². The van der Waals surface area contributed by atoms with E-state index in [9.17, 15) is 13.2 Å². The largest absolute Gasteiger partial charge is 0.417 e. The molecular formula is C15H15N5O4S. The molecule has 1 saturated heterocycles. The number of aromatic amines is 1. The molecule has 3 aromatic rings. The van der Waals surface area contributed by atoms with Crippen LogP contribution in [0.1, 0.15) is 0 Å². The van der Waals surface area contributed by atoms with Crippen LogP contribution in [0, 0.1) is 0 Å². The monoisotopic (exact) mass is 361 g/mol. The number of anilines is 1. The number of hydrogen-bond acceptors (Lipinski definition) is 7. The van der Waals surface area contributed by atoms with Gasteiger partial charge in [0, 0.05) is 38.6 Å². The molecule has 0 bridgehead atoms. The van der Waals surface area contributed by atoms with Crippen molar-refractivity contribution in [2.45, 2.75) is 4.90 Å². The topological polar surface area (TPSA) is 112 Å². The van der Waals surface area contributed by atoms with E-state index < -0.39 is 15.8 Å². The van der Waals surface area contributed by atoms with Crippen molar-refractivity contribution in [1.82, 2.24) is 19.3 Å². The minimum atomic E-state index is -3.65. The van der Waals surface area contributed by atoms with Gasteiger partial charge in [0.15, 0.2) is 5.58 Å². The van der Waals surface area contributed by atoms with Crippen LogP contribution in [0.25, 0.3) is 11.1 Å². The number of oxazole rings is 1. The van der Waals surface area contributed by atoms with Crippen LogP contribution in [0.4, 0.5) is 5.95 Å². The second-order valence-corrected chi connectivity index (χ2v) is 7.55. The third-order valence-corrected chi connectivity index (χ3v) is 6.00. The van der Waals surface area contributed by atoms with Gasteiger partial charge in [-0.05, 0) is 24.3 Å². The van der Waals surface area contributed by atoms with Gasteiger partial charge in [0.2, 0.25) is 16.0 Å². The highest BCUT2D eigenvalue weighted by Crippen LogP contribution is 2.22. The van der Waals surface area contributed by atoms with Gasteiger partial charge in [-0.15, -0.1) is 0 Å². The minimum Gasteiger partial charge on any atom is -0.408 e. The lowest BCUT2D eigenvalue weighted by Gasteiger charge is -2.33. The number of nitrogens with one attached hydrogen (secondary N) is 1. The SMILES string of the molecule is O=c1[nH]c2cc(S(=O)(=O)N3CCN(c4ncccn4)CC3)ccc2o1. The Morgan fingerprint density at radius 3 is 2.52 bits per heavy atom. The maximum atomic E-state index is 12.8. The van der Waals surface area contributed by atoms with Crippen molar-refractivity contribution >= 4 is 27.1 Å². The van der Waals surface area contributed by atoms with E-state index in [0.717, 1.165) is 0 Å². The van der Waals surface area contributed by atoms with E-state index in [4.69, 9.17) is 4.42 Å². The zero-order chi connectivity index (χ0) is 17.4. The Hall–Kier alpha value is -2.72. The molecule has 4 rings (SSSR count). The molecule has 25 heavy (non-hydrogen) atoms. The highest BCUT2D eigenvalue weighted by atomic mass is 32.2. The molecule has 0 spiro atoms. The van der Waals surface area contributed by atoms with E-state index in [1.807, 2.05) is 4.90 Å². The molecule has 0 amide bonds. The Kier molecular flexibility index (Phi) is 3.77. The van der Waals surface area contributed by atoms with Crippen molar-refractivity contribution in [2.75, 3.05) is 31.1 Å². The van der Waals surface area contributed by atoms with Crippen molar-refractivity contribution < 1.29 is 12.8 Å². The van der Waals surface area contributed by atoms with Gasteiger partial charge in [0.1, 0.15) is 0 Å². The molecule has 1 N–H and O–H groups in total. The predicted octanol–water partition coefficient (Wildman–Crippen LogP) is 0.422. The van der Waals surface area contributed by atoms with Crippen LogP contribution in [0.3, 0.4) is 0 Å². The third kappa shape index (κ3) is 2.89. The molecule has 0 radical (unpaired) electrons. The first-order chi connectivity index (χ1) is 12.0. The summed E-state index contributed by atoms with van der Waals surface area (Å²) in [5.74, 6) is -0.0158. The second-order valence-electron chi connectivity index (χ2n) is 5.61. The highest BCUT2D eigenvalue weighted by molar-refractivity contribution is 7.89. The molecule has 2 aromatic heterocycles. The van der Waals surface area contributed by atoms with Crippen LogP contribution >= 0.6 is 0 Å². The zero-order valence-corrected chi connectivity index (χ0v) is 13.9. The van der Waals surface area contributed by atoms with Crippen LogP contribution in [0.15, 0.2) is 50.8 Å². The number of fused-ring (bicyclic) bond motifs is 1. The molecule has 0 aliphatic carbocycles. The normalized spacial score (nSPS) is 16.4. The summed E-state index contributed by atoms with van der Waals surface area (Å²) in [5.41, 5.74) is 0.692. The van der Waals surface area contributed by atoms with E-state index in [1.165, 1.54) is 22.5 Å². The molecule has 3 heterocycles. The number of nitrogens with zero attached hydrogens (tertiary/aromatic N) is 4. The Morgan fingerprint density at radius 2 is 1.80 bits per heavy atom. The minimum absolute atomic E-state index is 0.126. The summed E-state index contributed by atoms with van der Waals surface area (Å²) in [5, 5.41) is 0. The van der Waals surface area contributed by atoms with Crippen molar-refractivity contribution in [1.29, 1.82) is 0 Å². The lowest BCUT2D eigenvalue weighted by atomic mass is 10.3. The fourth-order valence-electron chi connectivity index (χ4n) is 2.82. The lowest BCUT2D eigenvalue weighted by Crippen LogP contribution is -2.49. The van der Waals surface area contributed by atoms with E-state index >= 15 is 0 Å². The molecule has 1 fully saturated rings. The predicted molar refractivity (Wildman–Crippen MR) is 89.8 cm³/mol. The lowest BCUT2D eigenvalue weighted by molar-refractivity contribution is 0.382. The van der Waals surface area contributed by atoms with Gasteiger partial charge in [0.05, 0.1) is 10.4 Å². The van der Waals surface area contributed by atoms with Gasteiger partial charge < -0.3 is 9.32 Å². The Balaban J connectivity index is 1.55. The maximum absolute atomic E-state index is 12.8. The number of H-pyrrole nitrogens is 1. The molecule has 9 nitrogen and oxygen atoms in total. The molecule has 1 aromatic carbocycles. The van der Waals surface area contributed by atoms with E-state index in [1.54, 1.807) is 18.5 Å². The Bertz CT molecular complexity index is 1050. The van der Waals surface area contributed by atoms with Crippen LogP contribution in [0.5, 0.6) is 0 Å². The number of aromatic nitrogens is 3. The molecule has 1 aliphatic rings. The fourth-order valence-corrected chi connectivity index (χ4v) is 4.27. The van der Waals surface area contributed by atoms with E-state index in [2.05, 4.69) is 15.0 Å². The number of benzene rings is 1. The first kappa shape index (κ1) is 15.8. The van der Waals surface area contributed by atoms with Crippen molar-refractivity contribution in [3.8, 4) is 0 Å². The quantitative estimate of drug-likeness (QED) is 0.719. The van der Waals surface area contributed by atoms with Crippen molar-refractivity contribution in [2.24, 2.45) is 0 Å². The third-order valence-electron chi connectivity index (χ3n) is 4.10. The summed E-state index contributed by atoms with van der Waals surface area (Å²) >= 11 is 0. The number of sulfonamides is 1. The Labute approximate surface area is 143 Å². The first-order valence-corrected chi connectivity index (χ1v) is 9.13. The average molecular weight is 361 g/mol. The number of hydrogen-bond donors (Lipinski definition) is 1. The summed E-state index contributed by atoms with van der Waals surface area (Å²) in [6.07, 6.45) is 3.32. The summed E-state index contributed by atoms with van der Waals surface area (Å²) in [6, 6.07) is 6.08. The summed E-state index contributed by atoms with van der Waals surface area (Å²) in [7, 11) is -3.65. The average Bonchev–Trinajstić information content (AvgIpc) is 3.02. The van der Waals surface area contributed by atoms with Crippen LogP contribution in [-0.2, 0) is 10.0 Å². The van der Waals surface area contributed by atoms with Gasteiger partial charge in [-0.1, -0.05) is 0 Å². The van der Waals surface area contributed by atoms with Crippen LogP contribution < -0.4 is 10.7 Å². The maximum Gasteiger partial charge on any atom is 0.417 e. The van der Waals surface area contributed by atoms with Crippen molar-refractivity contribution in [3.05, 3.63) is 47.2 Å². The first-order valence-electron chi connectivity index (χ1n) is 7.69. The zero-order valence-electron chi connectivity index (χ0n) is 13.1. The van der Waals surface area contributed by atoms with Gasteiger partial charge in [-0.3, -0.25) is 4.98 Å². The molecule has 0 saturated carbocycles. The smallest absolute Gasteiger partial charge is 0.408 e. The molecular weight excluding hydrogens is 346 g/mol. The fraction of sp³-hybridized carbons (Fsp3) is 0.267. The van der Waals surface area contributed by atoms with E-state index in [0.29, 0.717) is 43.2 Å². The van der Waals surface area contributed by atoms with Crippen molar-refractivity contribution in [3.63, 3.8) is 0 Å². The second kappa shape index (κ2) is 5.97. The standard InChI is InChI=1S/C15H15N5O4S/c21-15-18-12-10-11(2-3-13(12)24-15)25(22,23)20-8-6-19(7-9-20)14-16-4-1-5-17-14/h1-5,10H,6-9H2,(H,18,21). The van der Waals surface area contributed by atoms with E-state index in [-0.39, 0.29) is 4.90 Å². The number of piperazine rings is 1. The van der Waals surface area contributed by atoms with Gasteiger partial charge in [-0.2, -0.15) is 4.31 Å².